The number of para-hydroxylation sites is 1. The molecule has 2 heterocycles. The number of aromatic nitrogens is 4. The first-order valence-electron chi connectivity index (χ1n) is 8.01. The Morgan fingerprint density at radius 1 is 1.27 bits per heavy atom. The molecule has 8 nitrogen and oxygen atoms in total. The predicted molar refractivity (Wildman–Crippen MR) is 96.9 cm³/mol. The van der Waals surface area contributed by atoms with Crippen LogP contribution in [-0.2, 0) is 4.74 Å². The van der Waals surface area contributed by atoms with Crippen LogP contribution in [0, 0.1) is 0 Å². The molecule has 0 unspecified atom stereocenters. The Balaban J connectivity index is 2.02. The van der Waals surface area contributed by atoms with Crippen LogP contribution in [-0.4, -0.2) is 50.0 Å². The van der Waals surface area contributed by atoms with Crippen molar-refractivity contribution in [2.75, 3.05) is 13.2 Å². The van der Waals surface area contributed by atoms with E-state index in [-0.39, 0.29) is 21.8 Å². The third-order valence-electron chi connectivity index (χ3n) is 3.88. The number of tetrazole rings is 1. The van der Waals surface area contributed by atoms with Gasteiger partial charge in [-0.05, 0) is 42.5 Å². The fourth-order valence-corrected chi connectivity index (χ4v) is 3.27. The molecule has 0 aliphatic carbocycles. The Hall–Kier alpha value is -2.16. The van der Waals surface area contributed by atoms with Gasteiger partial charge in [0, 0.05) is 18.2 Å². The molecule has 0 fully saturated rings. The molecule has 1 aromatic carbocycles. The lowest BCUT2D eigenvalue weighted by molar-refractivity contribution is 0.136. The Kier molecular flexibility index (Phi) is 5.45. The van der Waals surface area contributed by atoms with E-state index in [0.717, 1.165) is 10.4 Å². The lowest BCUT2D eigenvalue weighted by Gasteiger charge is -2.30. The number of carbonyl (C=O) groups excluding carboxylic acids is 1. The molecule has 3 rings (SSSR count). The maximum absolute atomic E-state index is 12.9. The molecule has 0 bridgehead atoms. The van der Waals surface area contributed by atoms with Crippen LogP contribution in [0.2, 0.25) is 10.0 Å². The monoisotopic (exact) mass is 397 g/mol. The largest absolute Gasteiger partial charge is 0.377 e. The summed E-state index contributed by atoms with van der Waals surface area (Å²) in [5, 5.41) is 7.95. The van der Waals surface area contributed by atoms with Crippen LogP contribution in [0.25, 0.3) is 5.69 Å². The van der Waals surface area contributed by atoms with Crippen LogP contribution in [0.3, 0.4) is 0 Å². The Morgan fingerprint density at radius 3 is 2.54 bits per heavy atom. The highest BCUT2D eigenvalue weighted by molar-refractivity contribution is 6.37. The van der Waals surface area contributed by atoms with Crippen LogP contribution in [0.15, 0.2) is 34.8 Å². The summed E-state index contributed by atoms with van der Waals surface area (Å²) in [6.45, 7) is 4.64. The third kappa shape index (κ3) is 3.40. The van der Waals surface area contributed by atoms with Gasteiger partial charge in [0.2, 0.25) is 0 Å². The van der Waals surface area contributed by atoms with Crippen molar-refractivity contribution >= 4 is 29.2 Å². The maximum Gasteiger partial charge on any atom is 0.377 e. The van der Waals surface area contributed by atoms with E-state index < -0.39 is 11.7 Å². The van der Waals surface area contributed by atoms with Gasteiger partial charge in [-0.1, -0.05) is 29.3 Å². The molecule has 0 spiro atoms. The number of ether oxygens (including phenoxy) is 1. The van der Waals surface area contributed by atoms with Gasteiger partial charge in [-0.25, -0.2) is 9.59 Å². The standard InChI is InChI=1S/C16H17Cl2N5O3/c1-10(2)21(11-6-8-26-9-7-11)15(24)23-16(25)22(19-20-23)14-12(17)4-3-5-13(14)18/h3-6,10H,7-9H2,1-2H3. The van der Waals surface area contributed by atoms with Crippen molar-refractivity contribution in [1.82, 2.24) is 24.7 Å². The second-order valence-corrected chi connectivity index (χ2v) is 6.74. The summed E-state index contributed by atoms with van der Waals surface area (Å²) >= 11 is 12.2. The highest BCUT2D eigenvalue weighted by Crippen LogP contribution is 2.26. The number of carbonyl (C=O) groups is 1. The molecular weight excluding hydrogens is 381 g/mol. The molecule has 1 aliphatic rings. The highest BCUT2D eigenvalue weighted by atomic mass is 35.5. The molecule has 0 saturated heterocycles. The van der Waals surface area contributed by atoms with Crippen molar-refractivity contribution in [3.8, 4) is 5.69 Å². The molecule has 1 amide bonds. The maximum atomic E-state index is 12.9. The minimum absolute atomic E-state index is 0.173. The van der Waals surface area contributed by atoms with Gasteiger partial charge in [0.15, 0.2) is 0 Å². The summed E-state index contributed by atoms with van der Waals surface area (Å²) in [6, 6.07) is 4.03. The SMILES string of the molecule is CC(C)N(C(=O)n1nnn(-c2c(Cl)cccc2Cl)c1=O)C1=CCOCC1. The fourth-order valence-electron chi connectivity index (χ4n) is 2.71. The van der Waals surface area contributed by atoms with Crippen LogP contribution in [0.4, 0.5) is 4.79 Å². The highest BCUT2D eigenvalue weighted by Gasteiger charge is 2.28. The molecule has 2 aromatic rings. The number of amides is 1. The first kappa shape index (κ1) is 18.6. The molecular formula is C16H17Cl2N5O3. The zero-order valence-electron chi connectivity index (χ0n) is 14.2. The lowest BCUT2D eigenvalue weighted by Crippen LogP contribution is -2.44. The Bertz CT molecular complexity index is 899. The third-order valence-corrected chi connectivity index (χ3v) is 4.49. The zero-order chi connectivity index (χ0) is 18.8. The van der Waals surface area contributed by atoms with Gasteiger partial charge < -0.3 is 4.74 Å². The van der Waals surface area contributed by atoms with E-state index in [4.69, 9.17) is 27.9 Å². The number of rotatable bonds is 3. The second-order valence-electron chi connectivity index (χ2n) is 5.92. The summed E-state index contributed by atoms with van der Waals surface area (Å²) in [5.41, 5.74) is 0.220. The van der Waals surface area contributed by atoms with Gasteiger partial charge >= 0.3 is 11.7 Å². The minimum atomic E-state index is -0.747. The summed E-state index contributed by atoms with van der Waals surface area (Å²) in [5.74, 6) is 0. The molecule has 1 aromatic heterocycles. The smallest absolute Gasteiger partial charge is 0.377 e. The van der Waals surface area contributed by atoms with Crippen molar-refractivity contribution in [3.05, 3.63) is 50.5 Å². The molecule has 1 aliphatic heterocycles. The second kappa shape index (κ2) is 7.61. The van der Waals surface area contributed by atoms with Crippen molar-refractivity contribution in [2.45, 2.75) is 26.3 Å². The minimum Gasteiger partial charge on any atom is -0.377 e. The predicted octanol–water partition coefficient (Wildman–Crippen LogP) is 2.72. The summed E-state index contributed by atoms with van der Waals surface area (Å²) in [6.07, 6.45) is 2.39. The van der Waals surface area contributed by atoms with Crippen LogP contribution in [0.1, 0.15) is 20.3 Å². The molecule has 26 heavy (non-hydrogen) atoms. The van der Waals surface area contributed by atoms with E-state index >= 15 is 0 Å². The van der Waals surface area contributed by atoms with E-state index in [9.17, 15) is 9.59 Å². The van der Waals surface area contributed by atoms with Crippen molar-refractivity contribution in [1.29, 1.82) is 0 Å². The summed E-state index contributed by atoms with van der Waals surface area (Å²) in [7, 11) is 0. The van der Waals surface area contributed by atoms with Gasteiger partial charge in [-0.15, -0.1) is 4.68 Å². The summed E-state index contributed by atoms with van der Waals surface area (Å²) < 4.78 is 6.90. The van der Waals surface area contributed by atoms with Crippen molar-refractivity contribution < 1.29 is 9.53 Å². The number of nitrogens with zero attached hydrogens (tertiary/aromatic N) is 5. The van der Waals surface area contributed by atoms with E-state index in [2.05, 4.69) is 10.4 Å². The van der Waals surface area contributed by atoms with Gasteiger partial charge in [-0.3, -0.25) is 4.90 Å². The molecule has 138 valence electrons. The van der Waals surface area contributed by atoms with Crippen molar-refractivity contribution in [3.63, 3.8) is 0 Å². The number of halogens is 2. The first-order valence-corrected chi connectivity index (χ1v) is 8.77. The van der Waals surface area contributed by atoms with Gasteiger partial charge in [-0.2, -0.15) is 4.68 Å². The molecule has 0 atom stereocenters. The average Bonchev–Trinajstić information content (AvgIpc) is 2.97. The van der Waals surface area contributed by atoms with Crippen LogP contribution < -0.4 is 5.69 Å². The van der Waals surface area contributed by atoms with E-state index in [0.29, 0.717) is 24.3 Å². The zero-order valence-corrected chi connectivity index (χ0v) is 15.7. The van der Waals surface area contributed by atoms with Crippen LogP contribution in [0.5, 0.6) is 0 Å². The van der Waals surface area contributed by atoms with Gasteiger partial charge in [0.05, 0.1) is 23.3 Å². The Labute approximate surface area is 159 Å². The van der Waals surface area contributed by atoms with Crippen molar-refractivity contribution in [2.24, 2.45) is 0 Å². The average molecular weight is 398 g/mol. The molecule has 0 saturated carbocycles. The summed E-state index contributed by atoms with van der Waals surface area (Å²) in [4.78, 5) is 27.2. The number of benzene rings is 1. The lowest BCUT2D eigenvalue weighted by atomic mass is 10.2. The number of hydrogen-bond donors (Lipinski definition) is 0. The molecule has 0 N–H and O–H groups in total. The van der Waals surface area contributed by atoms with E-state index in [1.807, 2.05) is 19.9 Å². The quantitative estimate of drug-likeness (QED) is 0.743. The van der Waals surface area contributed by atoms with E-state index in [1.165, 1.54) is 4.90 Å². The molecule has 0 radical (unpaired) electrons. The van der Waals surface area contributed by atoms with Gasteiger partial charge in [0.1, 0.15) is 5.69 Å². The van der Waals surface area contributed by atoms with Crippen LogP contribution >= 0.6 is 23.2 Å². The topological polar surface area (TPSA) is 82.3 Å². The van der Waals surface area contributed by atoms with Gasteiger partial charge in [0.25, 0.3) is 0 Å². The first-order chi connectivity index (χ1) is 12.4. The van der Waals surface area contributed by atoms with E-state index in [1.54, 1.807) is 18.2 Å². The molecule has 10 heteroatoms. The number of hydrogen-bond acceptors (Lipinski definition) is 5. The Morgan fingerprint density at radius 2 is 1.96 bits per heavy atom. The fraction of sp³-hybridized carbons (Fsp3) is 0.375. The normalized spacial score (nSPS) is 14.4.